The van der Waals surface area contributed by atoms with Gasteiger partial charge in [-0.15, -0.1) is 0 Å². The van der Waals surface area contributed by atoms with Crippen LogP contribution in [0.2, 0.25) is 0 Å². The van der Waals surface area contributed by atoms with Gasteiger partial charge in [0.2, 0.25) is 17.7 Å². The number of H-pyrrole nitrogens is 1. The van der Waals surface area contributed by atoms with E-state index < -0.39 is 47.9 Å². The van der Waals surface area contributed by atoms with Crippen LogP contribution in [-0.4, -0.2) is 70.0 Å². The Morgan fingerprint density at radius 2 is 1.66 bits per heavy atom. The summed E-state index contributed by atoms with van der Waals surface area (Å²) in [5.74, 6) is -2.69. The van der Waals surface area contributed by atoms with E-state index in [1.807, 2.05) is 43.6 Å². The highest BCUT2D eigenvalue weighted by molar-refractivity contribution is 7.98. The van der Waals surface area contributed by atoms with E-state index in [9.17, 15) is 24.3 Å². The molecule has 1 heterocycles. The molecule has 0 aliphatic rings. The summed E-state index contributed by atoms with van der Waals surface area (Å²) in [6.07, 6.45) is 4.92. The molecule has 11 heteroatoms. The first-order chi connectivity index (χ1) is 18.0. The van der Waals surface area contributed by atoms with Gasteiger partial charge in [0.1, 0.15) is 18.1 Å². The Morgan fingerprint density at radius 1 is 1.00 bits per heavy atom. The third kappa shape index (κ3) is 8.49. The highest BCUT2D eigenvalue weighted by atomic mass is 32.2. The van der Waals surface area contributed by atoms with Crippen LogP contribution >= 0.6 is 11.8 Å². The van der Waals surface area contributed by atoms with Gasteiger partial charge in [0.15, 0.2) is 0 Å². The summed E-state index contributed by atoms with van der Waals surface area (Å²) in [7, 11) is 0. The lowest BCUT2D eigenvalue weighted by atomic mass is 9.97. The van der Waals surface area contributed by atoms with Crippen LogP contribution in [0.4, 0.5) is 0 Å². The van der Waals surface area contributed by atoms with Gasteiger partial charge in [-0.25, -0.2) is 4.79 Å². The number of rotatable bonds is 15. The zero-order valence-electron chi connectivity index (χ0n) is 22.7. The van der Waals surface area contributed by atoms with Crippen molar-refractivity contribution in [1.82, 2.24) is 20.9 Å². The van der Waals surface area contributed by atoms with Gasteiger partial charge in [-0.2, -0.15) is 11.8 Å². The average Bonchev–Trinajstić information content (AvgIpc) is 3.29. The fourth-order valence-corrected chi connectivity index (χ4v) is 4.60. The third-order valence-corrected chi connectivity index (χ3v) is 7.36. The SMILES string of the molecule is CCC(C)C(NC(=O)C(NC(=O)C(CCSC)NC(=O)C(N)Cc1c[nH]c2ccccc12)C(C)C)C(=O)O. The number of carboxylic acids is 1. The molecule has 1 aromatic carbocycles. The van der Waals surface area contributed by atoms with E-state index in [0.29, 0.717) is 18.6 Å². The number of nitrogens with one attached hydrogen (secondary N) is 4. The highest BCUT2D eigenvalue weighted by Crippen LogP contribution is 2.19. The Morgan fingerprint density at radius 3 is 2.26 bits per heavy atom. The fraction of sp³-hybridized carbons (Fsp3) is 0.556. The number of amides is 3. The number of nitrogens with two attached hydrogens (primary N) is 1. The molecule has 0 saturated carbocycles. The van der Waals surface area contributed by atoms with Gasteiger partial charge in [-0.1, -0.05) is 52.3 Å². The van der Waals surface area contributed by atoms with Gasteiger partial charge in [-0.05, 0) is 48.3 Å². The number of thioether (sulfide) groups is 1. The number of aromatic amines is 1. The Balaban J connectivity index is 2.11. The first kappa shape index (κ1) is 31.2. The molecule has 10 nitrogen and oxygen atoms in total. The maximum absolute atomic E-state index is 13.3. The van der Waals surface area contributed by atoms with Crippen molar-refractivity contribution in [3.05, 3.63) is 36.0 Å². The quantitative estimate of drug-likeness (QED) is 0.198. The summed E-state index contributed by atoms with van der Waals surface area (Å²) in [4.78, 5) is 54.1. The summed E-state index contributed by atoms with van der Waals surface area (Å²) in [5, 5.41) is 18.6. The maximum atomic E-state index is 13.3. The molecule has 2 aromatic rings. The Kier molecular flexibility index (Phi) is 12.1. The van der Waals surface area contributed by atoms with Crippen LogP contribution in [0.1, 0.15) is 46.1 Å². The van der Waals surface area contributed by atoms with E-state index in [0.717, 1.165) is 16.5 Å². The minimum Gasteiger partial charge on any atom is -0.480 e. The molecular formula is C27H41N5O5S. The molecule has 38 heavy (non-hydrogen) atoms. The lowest BCUT2D eigenvalue weighted by Gasteiger charge is -2.28. The summed E-state index contributed by atoms with van der Waals surface area (Å²) in [5.41, 5.74) is 8.07. The zero-order chi connectivity index (χ0) is 28.4. The number of hydrogen-bond donors (Lipinski definition) is 6. The van der Waals surface area contributed by atoms with E-state index in [1.54, 1.807) is 20.8 Å². The molecule has 3 amide bonds. The molecule has 5 unspecified atom stereocenters. The van der Waals surface area contributed by atoms with Crippen molar-refractivity contribution < 1.29 is 24.3 Å². The second kappa shape index (κ2) is 14.8. The molecule has 7 N–H and O–H groups in total. The molecule has 210 valence electrons. The molecule has 0 radical (unpaired) electrons. The monoisotopic (exact) mass is 547 g/mol. The maximum Gasteiger partial charge on any atom is 0.326 e. The normalized spacial score (nSPS) is 15.3. The average molecular weight is 548 g/mol. The Bertz CT molecular complexity index is 1100. The van der Waals surface area contributed by atoms with Gasteiger partial charge in [0.05, 0.1) is 6.04 Å². The zero-order valence-corrected chi connectivity index (χ0v) is 23.6. The number of carbonyl (C=O) groups excluding carboxylic acids is 3. The third-order valence-electron chi connectivity index (χ3n) is 6.72. The molecule has 0 aliphatic carbocycles. The van der Waals surface area contributed by atoms with Crippen molar-refractivity contribution in [2.75, 3.05) is 12.0 Å². The largest absolute Gasteiger partial charge is 0.480 e. The Labute approximate surface area is 228 Å². The number of benzene rings is 1. The van der Waals surface area contributed by atoms with Crippen LogP contribution in [0.25, 0.3) is 10.9 Å². The van der Waals surface area contributed by atoms with Gasteiger partial charge >= 0.3 is 5.97 Å². The minimum atomic E-state index is -1.13. The summed E-state index contributed by atoms with van der Waals surface area (Å²) in [6.45, 7) is 7.11. The van der Waals surface area contributed by atoms with Crippen molar-refractivity contribution in [3.63, 3.8) is 0 Å². The molecular weight excluding hydrogens is 506 g/mol. The lowest BCUT2D eigenvalue weighted by Crippen LogP contribution is -2.59. The molecule has 0 aliphatic heterocycles. The first-order valence-corrected chi connectivity index (χ1v) is 14.3. The number of hydrogen-bond acceptors (Lipinski definition) is 6. The van der Waals surface area contributed by atoms with Gasteiger partial charge in [0, 0.05) is 17.1 Å². The summed E-state index contributed by atoms with van der Waals surface area (Å²) < 4.78 is 0. The van der Waals surface area contributed by atoms with Gasteiger partial charge < -0.3 is 31.8 Å². The smallest absolute Gasteiger partial charge is 0.326 e. The first-order valence-electron chi connectivity index (χ1n) is 12.9. The molecule has 0 spiro atoms. The molecule has 1 aromatic heterocycles. The van der Waals surface area contributed by atoms with E-state index in [-0.39, 0.29) is 18.3 Å². The van der Waals surface area contributed by atoms with Crippen molar-refractivity contribution in [3.8, 4) is 0 Å². The number of fused-ring (bicyclic) bond motifs is 1. The van der Waals surface area contributed by atoms with E-state index in [1.165, 1.54) is 11.8 Å². The van der Waals surface area contributed by atoms with E-state index in [4.69, 9.17) is 5.73 Å². The number of para-hydroxylation sites is 1. The van der Waals surface area contributed by atoms with Crippen LogP contribution in [0.5, 0.6) is 0 Å². The topological polar surface area (TPSA) is 166 Å². The number of carboxylic acid groups (broad SMARTS) is 1. The minimum absolute atomic E-state index is 0.285. The van der Waals surface area contributed by atoms with E-state index >= 15 is 0 Å². The van der Waals surface area contributed by atoms with Crippen LogP contribution in [0.15, 0.2) is 30.5 Å². The second-order valence-electron chi connectivity index (χ2n) is 9.95. The highest BCUT2D eigenvalue weighted by Gasteiger charge is 2.33. The predicted octanol–water partition coefficient (Wildman–Crippen LogP) is 2.03. The predicted molar refractivity (Wildman–Crippen MR) is 151 cm³/mol. The van der Waals surface area contributed by atoms with Gasteiger partial charge in [-0.3, -0.25) is 14.4 Å². The van der Waals surface area contributed by atoms with Gasteiger partial charge in [0.25, 0.3) is 0 Å². The standard InChI is InChI=1S/C27H41N5O5S/c1-6-16(4)23(27(36)37)32-26(35)22(15(2)3)31-25(34)21(11-12-38-5)30-24(33)19(28)13-17-14-29-20-10-8-7-9-18(17)20/h7-10,14-16,19,21-23,29H,6,11-13,28H2,1-5H3,(H,30,33)(H,31,34)(H,32,35)(H,36,37). The lowest BCUT2D eigenvalue weighted by molar-refractivity contribution is -0.144. The van der Waals surface area contributed by atoms with Crippen LogP contribution in [0.3, 0.4) is 0 Å². The Hall–Kier alpha value is -3.05. The van der Waals surface area contributed by atoms with E-state index in [2.05, 4.69) is 20.9 Å². The summed E-state index contributed by atoms with van der Waals surface area (Å²) >= 11 is 1.53. The molecule has 0 fully saturated rings. The number of carbonyl (C=O) groups is 4. The molecule has 0 saturated heterocycles. The van der Waals surface area contributed by atoms with Crippen molar-refractivity contribution in [1.29, 1.82) is 0 Å². The van der Waals surface area contributed by atoms with Crippen molar-refractivity contribution in [2.45, 2.75) is 71.1 Å². The van der Waals surface area contributed by atoms with Crippen LogP contribution < -0.4 is 21.7 Å². The number of aliphatic carboxylic acids is 1. The summed E-state index contributed by atoms with van der Waals surface area (Å²) in [6, 6.07) is 3.90. The molecule has 2 rings (SSSR count). The van der Waals surface area contributed by atoms with Crippen molar-refractivity contribution >= 4 is 46.4 Å². The molecule has 5 atom stereocenters. The second-order valence-corrected chi connectivity index (χ2v) is 10.9. The fourth-order valence-electron chi connectivity index (χ4n) is 4.13. The van der Waals surface area contributed by atoms with Crippen LogP contribution in [0, 0.1) is 11.8 Å². The number of aromatic nitrogens is 1. The molecule has 0 bridgehead atoms. The van der Waals surface area contributed by atoms with Crippen molar-refractivity contribution in [2.24, 2.45) is 17.6 Å². The van der Waals surface area contributed by atoms with Crippen LogP contribution in [-0.2, 0) is 25.6 Å².